The minimum absolute atomic E-state index is 0.103. The predicted molar refractivity (Wildman–Crippen MR) is 347 cm³/mol. The van der Waals surface area contributed by atoms with Gasteiger partial charge in [0.05, 0.1) is 16.6 Å². The SMILES string of the molecule is c1ccc(-c2ccccc2-c2ccc3c(c2)c2c4c5ccccc5c5ccccc5c4cc4c2n3-c2cc(-c3c(-c5ccccc5)cccc3-c3ccccc3)cc3c2B4c2cccc4c5cc6oc7ccccc7c6cc5n-3c24)cc1. The van der Waals surface area contributed by atoms with E-state index in [0.29, 0.717) is 0 Å². The Hall–Kier alpha value is -10.7. The molecule has 2 aliphatic rings. The summed E-state index contributed by atoms with van der Waals surface area (Å²) in [5.74, 6) is 0. The summed E-state index contributed by atoms with van der Waals surface area (Å²) in [7, 11) is 0. The molecule has 0 saturated carbocycles. The fourth-order valence-electron chi connectivity index (χ4n) is 15.2. The van der Waals surface area contributed by atoms with E-state index < -0.39 is 0 Å². The van der Waals surface area contributed by atoms with Crippen molar-refractivity contribution in [2.75, 3.05) is 0 Å². The van der Waals surface area contributed by atoms with Crippen molar-refractivity contribution in [2.24, 2.45) is 0 Å². The second-order valence-electron chi connectivity index (χ2n) is 22.5. The summed E-state index contributed by atoms with van der Waals surface area (Å²) in [6.45, 7) is -0.103. The van der Waals surface area contributed by atoms with Gasteiger partial charge in [0, 0.05) is 54.6 Å². The third-order valence-corrected chi connectivity index (χ3v) is 18.5. The van der Waals surface area contributed by atoms with Gasteiger partial charge in [0.15, 0.2) is 0 Å². The fraction of sp³-hybridized carbons (Fsp3) is 0. The maximum atomic E-state index is 6.70. The second kappa shape index (κ2) is 16.5. The molecule has 5 heterocycles. The van der Waals surface area contributed by atoms with Crippen LogP contribution in [0.2, 0.25) is 0 Å². The third-order valence-electron chi connectivity index (χ3n) is 18.5. The lowest BCUT2D eigenvalue weighted by atomic mass is 9.34. The largest absolute Gasteiger partial charge is 0.456 e. The van der Waals surface area contributed by atoms with E-state index in [9.17, 15) is 0 Å². The van der Waals surface area contributed by atoms with E-state index in [1.54, 1.807) is 0 Å². The number of aromatic nitrogens is 2. The number of furan rings is 1. The summed E-state index contributed by atoms with van der Waals surface area (Å²) in [4.78, 5) is 0. The minimum Gasteiger partial charge on any atom is -0.456 e. The van der Waals surface area contributed by atoms with Crippen LogP contribution in [-0.2, 0) is 0 Å². The normalized spacial score (nSPS) is 12.6. The molecule has 0 saturated heterocycles. The van der Waals surface area contributed by atoms with Gasteiger partial charge in [0.2, 0.25) is 0 Å². The lowest BCUT2D eigenvalue weighted by Gasteiger charge is -2.35. The topological polar surface area (TPSA) is 23.0 Å². The minimum atomic E-state index is -0.103. The van der Waals surface area contributed by atoms with Gasteiger partial charge < -0.3 is 13.6 Å². The van der Waals surface area contributed by atoms with E-state index in [2.05, 4.69) is 282 Å². The molecule has 4 heteroatoms. The van der Waals surface area contributed by atoms with Crippen molar-refractivity contribution in [3.63, 3.8) is 0 Å². The first-order valence-corrected chi connectivity index (χ1v) is 28.5. The van der Waals surface area contributed by atoms with Crippen molar-refractivity contribution in [3.8, 4) is 67.0 Å². The van der Waals surface area contributed by atoms with E-state index in [-0.39, 0.29) is 6.71 Å². The summed E-state index contributed by atoms with van der Waals surface area (Å²) in [5, 5.41) is 14.8. The van der Waals surface area contributed by atoms with Gasteiger partial charge in [-0.2, -0.15) is 0 Å². The molecule has 3 nitrogen and oxygen atoms in total. The smallest absolute Gasteiger partial charge is 0.252 e. The summed E-state index contributed by atoms with van der Waals surface area (Å²) in [5.41, 5.74) is 25.0. The number of para-hydroxylation sites is 2. The van der Waals surface area contributed by atoms with E-state index in [1.807, 2.05) is 0 Å². The fourth-order valence-corrected chi connectivity index (χ4v) is 15.2. The molecule has 0 aliphatic carbocycles. The van der Waals surface area contributed by atoms with Gasteiger partial charge in [0.1, 0.15) is 11.2 Å². The molecule has 0 amide bonds. The van der Waals surface area contributed by atoms with E-state index in [0.717, 1.165) is 21.9 Å². The molecular weight excluding hydrogens is 992 g/mol. The van der Waals surface area contributed by atoms with Crippen molar-refractivity contribution in [2.45, 2.75) is 0 Å². The Morgan fingerprint density at radius 3 is 1.50 bits per heavy atom. The van der Waals surface area contributed by atoms with Crippen LogP contribution >= 0.6 is 0 Å². The molecule has 17 aromatic rings. The van der Waals surface area contributed by atoms with Crippen LogP contribution in [0.15, 0.2) is 277 Å². The standard InChI is InChI=1S/C78H45BN2O/c1-4-20-46(21-5-1)51-26-10-11-27-52(51)49-38-39-67-64(40-49)75-74-59-32-15-14-29-56(59)55-28-12-13-30-57(55)63(74)43-66-78(75)80(67)69-41-50(73-53(47-22-6-2-7-23-47)33-18-34-54(73)48-24-8-3-9-25-48)42-70-76(69)79(66)65-36-19-35-60-61-45-72-62(44-68(61)81(70)77(60)65)58-31-16-17-37-71(58)82-72/h1-45H. The van der Waals surface area contributed by atoms with Gasteiger partial charge in [-0.1, -0.05) is 231 Å². The average molecular weight is 1040 g/mol. The van der Waals surface area contributed by atoms with Crippen molar-refractivity contribution >= 4 is 121 Å². The Labute approximate surface area is 471 Å². The highest BCUT2D eigenvalue weighted by Gasteiger charge is 2.42. The Morgan fingerprint density at radius 2 is 0.805 bits per heavy atom. The van der Waals surface area contributed by atoms with Crippen molar-refractivity contribution in [3.05, 3.63) is 273 Å². The first-order chi connectivity index (χ1) is 40.7. The van der Waals surface area contributed by atoms with Gasteiger partial charge in [-0.25, -0.2) is 0 Å². The van der Waals surface area contributed by atoms with Crippen LogP contribution < -0.4 is 16.4 Å². The van der Waals surface area contributed by atoms with Gasteiger partial charge in [-0.3, -0.25) is 0 Å². The highest BCUT2D eigenvalue weighted by atomic mass is 16.3. The van der Waals surface area contributed by atoms with E-state index >= 15 is 0 Å². The van der Waals surface area contributed by atoms with Crippen LogP contribution in [0.5, 0.6) is 0 Å². The monoisotopic (exact) mass is 1040 g/mol. The molecule has 3 aromatic heterocycles. The van der Waals surface area contributed by atoms with Crippen LogP contribution in [0, 0.1) is 0 Å². The lowest BCUT2D eigenvalue weighted by molar-refractivity contribution is 0.669. The van der Waals surface area contributed by atoms with Crippen molar-refractivity contribution < 1.29 is 4.42 Å². The zero-order chi connectivity index (χ0) is 53.3. The lowest BCUT2D eigenvalue weighted by Crippen LogP contribution is -2.59. The van der Waals surface area contributed by atoms with Crippen LogP contribution in [0.4, 0.5) is 0 Å². The summed E-state index contributed by atoms with van der Waals surface area (Å²) in [6.07, 6.45) is 0. The van der Waals surface area contributed by atoms with E-state index in [1.165, 1.54) is 159 Å². The van der Waals surface area contributed by atoms with Gasteiger partial charge >= 0.3 is 0 Å². The van der Waals surface area contributed by atoms with E-state index in [4.69, 9.17) is 4.42 Å². The van der Waals surface area contributed by atoms with Gasteiger partial charge in [0.25, 0.3) is 6.71 Å². The third kappa shape index (κ3) is 5.89. The number of fused-ring (bicyclic) bond motifs is 20. The first-order valence-electron chi connectivity index (χ1n) is 28.5. The molecule has 0 fully saturated rings. The maximum Gasteiger partial charge on any atom is 0.252 e. The molecule has 0 atom stereocenters. The van der Waals surface area contributed by atoms with Crippen molar-refractivity contribution in [1.29, 1.82) is 0 Å². The zero-order valence-electron chi connectivity index (χ0n) is 44.4. The number of hydrogen-bond acceptors (Lipinski definition) is 1. The summed E-state index contributed by atoms with van der Waals surface area (Å²) in [6, 6.07) is 102. The van der Waals surface area contributed by atoms with Crippen LogP contribution in [0.1, 0.15) is 0 Å². The molecule has 2 aliphatic heterocycles. The highest BCUT2D eigenvalue weighted by molar-refractivity contribution is 7.00. The molecule has 0 unspecified atom stereocenters. The van der Waals surface area contributed by atoms with Crippen LogP contribution in [0.3, 0.4) is 0 Å². The number of benzene rings is 14. The number of hydrogen-bond donors (Lipinski definition) is 0. The second-order valence-corrected chi connectivity index (χ2v) is 22.5. The van der Waals surface area contributed by atoms with Crippen LogP contribution in [-0.4, -0.2) is 15.8 Å². The average Bonchev–Trinajstić information content (AvgIpc) is 1.54. The molecular formula is C78H45BN2O. The Balaban J connectivity index is 1.03. The molecule has 376 valence electrons. The molecule has 0 bridgehead atoms. The predicted octanol–water partition coefficient (Wildman–Crippen LogP) is 18.7. The first kappa shape index (κ1) is 44.2. The Kier molecular flexibility index (Phi) is 8.87. The molecule has 0 radical (unpaired) electrons. The molecule has 0 spiro atoms. The Bertz CT molecular complexity index is 5570. The summed E-state index contributed by atoms with van der Waals surface area (Å²) >= 11 is 0. The van der Waals surface area contributed by atoms with Gasteiger partial charge in [-0.15, -0.1) is 0 Å². The highest BCUT2D eigenvalue weighted by Crippen LogP contribution is 2.49. The molecule has 0 N–H and O–H groups in total. The Morgan fingerprint density at radius 1 is 0.268 bits per heavy atom. The number of nitrogens with zero attached hydrogens (tertiary/aromatic N) is 2. The molecule has 19 rings (SSSR count). The van der Waals surface area contributed by atoms with Crippen molar-refractivity contribution in [1.82, 2.24) is 9.13 Å². The summed E-state index contributed by atoms with van der Waals surface area (Å²) < 4.78 is 12.0. The number of rotatable bonds is 5. The molecule has 14 aromatic carbocycles. The molecule has 82 heavy (non-hydrogen) atoms. The zero-order valence-corrected chi connectivity index (χ0v) is 44.4. The van der Waals surface area contributed by atoms with Gasteiger partial charge in [-0.05, 0) is 141 Å². The maximum absolute atomic E-state index is 6.70. The van der Waals surface area contributed by atoms with Crippen LogP contribution in [0.25, 0.3) is 165 Å². The quantitative estimate of drug-likeness (QED) is 0.124.